The molecule has 0 saturated heterocycles. The molecule has 1 aromatic rings. The molecule has 1 aromatic heterocycles. The number of pyridine rings is 1. The summed E-state index contributed by atoms with van der Waals surface area (Å²) in [6, 6.07) is 3.51. The van der Waals surface area contributed by atoms with E-state index in [4.69, 9.17) is 19.9 Å². The Morgan fingerprint density at radius 2 is 2.21 bits per heavy atom. The zero-order chi connectivity index (χ0) is 13.9. The minimum absolute atomic E-state index is 0.212. The molecule has 0 amide bonds. The second kappa shape index (κ2) is 9.07. The summed E-state index contributed by atoms with van der Waals surface area (Å²) in [5, 5.41) is 0. The number of aromatic nitrogens is 1. The van der Waals surface area contributed by atoms with E-state index in [2.05, 4.69) is 4.98 Å². The van der Waals surface area contributed by atoms with Gasteiger partial charge in [-0.15, -0.1) is 0 Å². The van der Waals surface area contributed by atoms with Gasteiger partial charge in [0.2, 0.25) is 5.88 Å². The number of hydrogen-bond donors (Lipinski definition) is 1. The number of rotatable bonds is 8. The average Bonchev–Trinajstić information content (AvgIpc) is 2.45. The average molecular weight is 266 g/mol. The molecule has 0 aromatic carbocycles. The topological polar surface area (TPSA) is 83.7 Å². The Bertz CT molecular complexity index is 404. The van der Waals surface area contributed by atoms with Gasteiger partial charge < -0.3 is 19.9 Å². The number of nitrogens with zero attached hydrogens (tertiary/aromatic N) is 1. The lowest BCUT2D eigenvalue weighted by atomic mass is 10.2. The molecule has 0 spiro atoms. The minimum Gasteiger partial charge on any atom is -0.481 e. The summed E-state index contributed by atoms with van der Waals surface area (Å²) in [6.45, 7) is 1.48. The molecule has 0 unspecified atom stereocenters. The molecule has 0 aliphatic heterocycles. The van der Waals surface area contributed by atoms with Crippen LogP contribution in [0.4, 0.5) is 0 Å². The highest BCUT2D eigenvalue weighted by molar-refractivity contribution is 5.86. The van der Waals surface area contributed by atoms with E-state index >= 15 is 0 Å². The maximum atomic E-state index is 11.3. The Morgan fingerprint density at radius 1 is 1.37 bits per heavy atom. The molecule has 0 aliphatic carbocycles. The Morgan fingerprint density at radius 3 is 2.84 bits per heavy atom. The fourth-order valence-corrected chi connectivity index (χ4v) is 1.21. The predicted molar refractivity (Wildman–Crippen MR) is 70.7 cm³/mol. The van der Waals surface area contributed by atoms with Crippen LogP contribution >= 0.6 is 0 Å². The lowest BCUT2D eigenvalue weighted by Gasteiger charge is -2.02. The third-order valence-corrected chi connectivity index (χ3v) is 2.11. The van der Waals surface area contributed by atoms with Crippen molar-refractivity contribution in [2.45, 2.75) is 0 Å². The van der Waals surface area contributed by atoms with Crippen LogP contribution in [0.2, 0.25) is 0 Å². The Hall–Kier alpha value is -1.92. The van der Waals surface area contributed by atoms with Crippen LogP contribution in [0, 0.1) is 0 Å². The SMILES string of the molecule is COc1ccc(/C=C/C(=O)OCCOCCN)cn1. The molecular weight excluding hydrogens is 248 g/mol. The van der Waals surface area contributed by atoms with Crippen LogP contribution in [0.3, 0.4) is 0 Å². The van der Waals surface area contributed by atoms with Gasteiger partial charge in [0.25, 0.3) is 0 Å². The van der Waals surface area contributed by atoms with Crippen molar-refractivity contribution in [3.63, 3.8) is 0 Å². The standard InChI is InChI=1S/C13H18N2O4/c1-17-12-4-2-11(10-15-12)3-5-13(16)19-9-8-18-7-6-14/h2-5,10H,6-9,14H2,1H3/b5-3+. The summed E-state index contributed by atoms with van der Waals surface area (Å²) in [5.41, 5.74) is 6.03. The fraction of sp³-hybridized carbons (Fsp3) is 0.385. The second-order valence-corrected chi connectivity index (χ2v) is 3.54. The number of methoxy groups -OCH3 is 1. The first kappa shape index (κ1) is 15.1. The summed E-state index contributed by atoms with van der Waals surface area (Å²) < 4.78 is 14.9. The van der Waals surface area contributed by atoms with E-state index < -0.39 is 5.97 Å². The molecule has 0 saturated carbocycles. The molecule has 1 rings (SSSR count). The van der Waals surface area contributed by atoms with Gasteiger partial charge in [0.15, 0.2) is 0 Å². The zero-order valence-corrected chi connectivity index (χ0v) is 10.9. The van der Waals surface area contributed by atoms with Gasteiger partial charge >= 0.3 is 5.97 Å². The molecule has 6 nitrogen and oxygen atoms in total. The van der Waals surface area contributed by atoms with Crippen LogP contribution in [0.25, 0.3) is 6.08 Å². The molecule has 6 heteroatoms. The van der Waals surface area contributed by atoms with Crippen molar-refractivity contribution in [1.82, 2.24) is 4.98 Å². The molecule has 0 bridgehead atoms. The summed E-state index contributed by atoms with van der Waals surface area (Å²) in [4.78, 5) is 15.4. The molecule has 0 atom stereocenters. The van der Waals surface area contributed by atoms with Crippen molar-refractivity contribution in [1.29, 1.82) is 0 Å². The maximum absolute atomic E-state index is 11.3. The van der Waals surface area contributed by atoms with Crippen LogP contribution in [0.1, 0.15) is 5.56 Å². The van der Waals surface area contributed by atoms with Crippen molar-refractivity contribution < 1.29 is 19.0 Å². The summed E-state index contributed by atoms with van der Waals surface area (Å²) in [5.74, 6) is 0.101. The number of ether oxygens (including phenoxy) is 3. The van der Waals surface area contributed by atoms with E-state index in [1.807, 2.05) is 0 Å². The highest BCUT2D eigenvalue weighted by atomic mass is 16.6. The highest BCUT2D eigenvalue weighted by Gasteiger charge is 1.97. The van der Waals surface area contributed by atoms with Gasteiger partial charge in [-0.1, -0.05) is 0 Å². The Kier molecular flexibility index (Phi) is 7.23. The van der Waals surface area contributed by atoms with E-state index in [9.17, 15) is 4.79 Å². The number of carbonyl (C=O) groups is 1. The van der Waals surface area contributed by atoms with Crippen LogP contribution in [0.15, 0.2) is 24.4 Å². The Labute approximate surface area is 112 Å². The van der Waals surface area contributed by atoms with Gasteiger partial charge in [0, 0.05) is 24.9 Å². The summed E-state index contributed by atoms with van der Waals surface area (Å²) in [7, 11) is 1.54. The number of nitrogens with two attached hydrogens (primary N) is 1. The quantitative estimate of drug-likeness (QED) is 0.422. The third-order valence-electron chi connectivity index (χ3n) is 2.11. The highest BCUT2D eigenvalue weighted by Crippen LogP contribution is 2.07. The first-order valence-electron chi connectivity index (χ1n) is 5.89. The normalized spacial score (nSPS) is 10.6. The molecule has 19 heavy (non-hydrogen) atoms. The van der Waals surface area contributed by atoms with Crippen LogP contribution in [-0.2, 0) is 14.3 Å². The van der Waals surface area contributed by atoms with Crippen molar-refractivity contribution in [2.75, 3.05) is 33.5 Å². The molecule has 0 aliphatic rings. The first-order valence-corrected chi connectivity index (χ1v) is 5.89. The summed E-state index contributed by atoms with van der Waals surface area (Å²) >= 11 is 0. The van der Waals surface area contributed by atoms with Crippen molar-refractivity contribution in [3.8, 4) is 5.88 Å². The van der Waals surface area contributed by atoms with Crippen LogP contribution < -0.4 is 10.5 Å². The second-order valence-electron chi connectivity index (χ2n) is 3.54. The molecule has 2 N–H and O–H groups in total. The van der Waals surface area contributed by atoms with E-state index in [0.717, 1.165) is 5.56 Å². The van der Waals surface area contributed by atoms with Crippen molar-refractivity contribution in [3.05, 3.63) is 30.0 Å². The third kappa shape index (κ3) is 6.54. The summed E-state index contributed by atoms with van der Waals surface area (Å²) in [6.07, 6.45) is 4.56. The van der Waals surface area contributed by atoms with E-state index in [1.165, 1.54) is 6.08 Å². The van der Waals surface area contributed by atoms with Gasteiger partial charge in [-0.3, -0.25) is 0 Å². The molecule has 0 radical (unpaired) electrons. The minimum atomic E-state index is -0.424. The molecule has 104 valence electrons. The Balaban J connectivity index is 2.28. The van der Waals surface area contributed by atoms with E-state index in [0.29, 0.717) is 25.6 Å². The monoisotopic (exact) mass is 266 g/mol. The van der Waals surface area contributed by atoms with Gasteiger partial charge in [-0.25, -0.2) is 9.78 Å². The molecular formula is C13H18N2O4. The number of esters is 1. The predicted octanol–water partition coefficient (Wildman–Crippen LogP) is 0.622. The molecule has 1 heterocycles. The number of hydrogen-bond acceptors (Lipinski definition) is 6. The van der Waals surface area contributed by atoms with Gasteiger partial charge in [-0.05, 0) is 17.7 Å². The van der Waals surface area contributed by atoms with E-state index in [1.54, 1.807) is 31.5 Å². The van der Waals surface area contributed by atoms with Crippen molar-refractivity contribution >= 4 is 12.0 Å². The van der Waals surface area contributed by atoms with Gasteiger partial charge in [0.05, 0.1) is 20.3 Å². The van der Waals surface area contributed by atoms with Gasteiger partial charge in [-0.2, -0.15) is 0 Å². The lowest BCUT2D eigenvalue weighted by Crippen LogP contribution is -2.13. The zero-order valence-electron chi connectivity index (χ0n) is 10.9. The number of carbonyl (C=O) groups excluding carboxylic acids is 1. The fourth-order valence-electron chi connectivity index (χ4n) is 1.21. The largest absolute Gasteiger partial charge is 0.481 e. The van der Waals surface area contributed by atoms with Crippen molar-refractivity contribution in [2.24, 2.45) is 5.73 Å². The molecule has 0 fully saturated rings. The maximum Gasteiger partial charge on any atom is 0.330 e. The smallest absolute Gasteiger partial charge is 0.330 e. The lowest BCUT2D eigenvalue weighted by molar-refractivity contribution is -0.139. The van der Waals surface area contributed by atoms with E-state index in [-0.39, 0.29) is 6.61 Å². The van der Waals surface area contributed by atoms with Gasteiger partial charge in [0.1, 0.15) is 6.61 Å². The van der Waals surface area contributed by atoms with Crippen LogP contribution in [-0.4, -0.2) is 44.4 Å². The van der Waals surface area contributed by atoms with Crippen LogP contribution in [0.5, 0.6) is 5.88 Å². The first-order chi connectivity index (χ1) is 9.26.